The largest absolute Gasteiger partial charge is 0.352 e. The average Bonchev–Trinajstić information content (AvgIpc) is 2.37. The van der Waals surface area contributed by atoms with Gasteiger partial charge in [-0.3, -0.25) is 9.89 Å². The lowest BCUT2D eigenvalue weighted by atomic mass is 10.6. The van der Waals surface area contributed by atoms with Gasteiger partial charge >= 0.3 is 0 Å². The second kappa shape index (κ2) is 2.25. The van der Waals surface area contributed by atoms with Crippen molar-refractivity contribution < 1.29 is 7.65 Å². The van der Waals surface area contributed by atoms with Gasteiger partial charge in [-0.2, -0.15) is 5.10 Å². The number of hydrogen-bond donors (Lipinski definition) is 2. The first kappa shape index (κ1) is 5.74. The molecule has 0 atom stereocenters. The number of nitrogens with one attached hydrogen (secondary N) is 2. The number of carbonyl (C=O) groups is 1. The van der Waals surface area contributed by atoms with Crippen LogP contribution in [0.1, 0.15) is 13.5 Å². The zero-order chi connectivity index (χ0) is 6.69. The lowest BCUT2D eigenvalue weighted by Crippen LogP contribution is -2.19. The SMILES string of the molecule is CNC(=O)c1ncn[nH]1.[HH].[HH]. The van der Waals surface area contributed by atoms with Gasteiger partial charge in [0.15, 0.2) is 0 Å². The highest BCUT2D eigenvalue weighted by molar-refractivity contribution is 5.89. The van der Waals surface area contributed by atoms with Crippen LogP contribution < -0.4 is 5.32 Å². The van der Waals surface area contributed by atoms with Gasteiger partial charge in [-0.25, -0.2) is 4.98 Å². The van der Waals surface area contributed by atoms with Crippen LogP contribution in [0.2, 0.25) is 0 Å². The van der Waals surface area contributed by atoms with Crippen LogP contribution in [0.15, 0.2) is 6.33 Å². The lowest BCUT2D eigenvalue weighted by molar-refractivity contribution is 0.0953. The van der Waals surface area contributed by atoms with Crippen LogP contribution in [-0.2, 0) is 0 Å². The molecule has 1 heterocycles. The molecule has 0 aliphatic rings. The molecule has 0 fully saturated rings. The van der Waals surface area contributed by atoms with Crippen LogP contribution in [0, 0.1) is 0 Å². The Morgan fingerprint density at radius 3 is 3.22 bits per heavy atom. The van der Waals surface area contributed by atoms with E-state index in [1.54, 1.807) is 0 Å². The smallest absolute Gasteiger partial charge is 0.288 e. The molecule has 9 heavy (non-hydrogen) atoms. The Hall–Kier alpha value is -1.39. The molecule has 5 heteroatoms. The molecule has 1 aromatic heterocycles. The Morgan fingerprint density at radius 2 is 2.78 bits per heavy atom. The summed E-state index contributed by atoms with van der Waals surface area (Å²) in [6.07, 6.45) is 1.28. The van der Waals surface area contributed by atoms with Crippen molar-refractivity contribution in [2.24, 2.45) is 0 Å². The number of nitrogens with zero attached hydrogens (tertiary/aromatic N) is 2. The minimum absolute atomic E-state index is 0. The molecule has 0 aliphatic carbocycles. The minimum Gasteiger partial charge on any atom is -0.352 e. The number of H-pyrrole nitrogens is 1. The van der Waals surface area contributed by atoms with Crippen molar-refractivity contribution in [1.29, 1.82) is 0 Å². The molecular formula is C4H10N4O. The van der Waals surface area contributed by atoms with Crippen molar-refractivity contribution in [3.63, 3.8) is 0 Å². The number of rotatable bonds is 1. The molecule has 1 amide bonds. The summed E-state index contributed by atoms with van der Waals surface area (Å²) in [7, 11) is 1.53. The molecule has 0 aliphatic heterocycles. The van der Waals surface area contributed by atoms with Crippen molar-refractivity contribution in [3.05, 3.63) is 12.2 Å². The molecule has 2 N–H and O–H groups in total. The summed E-state index contributed by atoms with van der Waals surface area (Å²) >= 11 is 0. The van der Waals surface area contributed by atoms with Crippen LogP contribution in [-0.4, -0.2) is 28.1 Å². The molecule has 0 bridgehead atoms. The normalized spacial score (nSPS) is 9.00. The highest BCUT2D eigenvalue weighted by Crippen LogP contribution is 1.81. The molecule has 1 aromatic rings. The van der Waals surface area contributed by atoms with E-state index >= 15 is 0 Å². The number of aromatic nitrogens is 3. The van der Waals surface area contributed by atoms with Crippen LogP contribution in [0.3, 0.4) is 0 Å². The van der Waals surface area contributed by atoms with Gasteiger partial charge in [0.2, 0.25) is 5.82 Å². The topological polar surface area (TPSA) is 70.7 Å². The molecule has 0 aromatic carbocycles. The molecular weight excluding hydrogens is 120 g/mol. The third-order valence-electron chi connectivity index (χ3n) is 0.857. The summed E-state index contributed by atoms with van der Waals surface area (Å²) in [4.78, 5) is 14.2. The molecule has 5 nitrogen and oxygen atoms in total. The van der Waals surface area contributed by atoms with E-state index in [-0.39, 0.29) is 14.6 Å². The summed E-state index contributed by atoms with van der Waals surface area (Å²) in [5, 5.41) is 8.30. The van der Waals surface area contributed by atoms with Crippen LogP contribution in [0.5, 0.6) is 0 Å². The molecule has 0 unspecified atom stereocenters. The first-order valence-electron chi connectivity index (χ1n) is 2.42. The predicted octanol–water partition coefficient (Wildman–Crippen LogP) is -0.344. The third kappa shape index (κ3) is 1.04. The maximum Gasteiger partial charge on any atom is 0.288 e. The van der Waals surface area contributed by atoms with Gasteiger partial charge in [0.25, 0.3) is 5.91 Å². The van der Waals surface area contributed by atoms with Gasteiger partial charge in [-0.05, 0) is 0 Å². The van der Waals surface area contributed by atoms with Gasteiger partial charge in [0.1, 0.15) is 6.33 Å². The monoisotopic (exact) mass is 130 g/mol. The van der Waals surface area contributed by atoms with Crippen molar-refractivity contribution in [2.45, 2.75) is 0 Å². The van der Waals surface area contributed by atoms with E-state index in [0.717, 1.165) is 0 Å². The van der Waals surface area contributed by atoms with Gasteiger partial charge in [-0.15, -0.1) is 0 Å². The first-order chi connectivity index (χ1) is 4.34. The zero-order valence-electron chi connectivity index (χ0n) is 4.88. The Labute approximate surface area is 54.5 Å². The van der Waals surface area contributed by atoms with Crippen molar-refractivity contribution in [1.82, 2.24) is 20.5 Å². The van der Waals surface area contributed by atoms with Gasteiger partial charge in [-0.1, -0.05) is 0 Å². The van der Waals surface area contributed by atoms with Crippen LogP contribution in [0.25, 0.3) is 0 Å². The Bertz CT molecular complexity index is 200. The first-order valence-corrected chi connectivity index (χ1v) is 2.42. The maximum atomic E-state index is 10.6. The van der Waals surface area contributed by atoms with E-state index in [4.69, 9.17) is 0 Å². The molecule has 0 spiro atoms. The fourth-order valence-corrected chi connectivity index (χ4v) is 0.433. The summed E-state index contributed by atoms with van der Waals surface area (Å²) in [6, 6.07) is 0. The molecule has 0 radical (unpaired) electrons. The van der Waals surface area contributed by atoms with E-state index in [2.05, 4.69) is 20.5 Å². The van der Waals surface area contributed by atoms with Crippen LogP contribution >= 0.6 is 0 Å². The maximum absolute atomic E-state index is 10.6. The second-order valence-electron chi connectivity index (χ2n) is 1.41. The van der Waals surface area contributed by atoms with Gasteiger partial charge in [0.05, 0.1) is 0 Å². The Kier molecular flexibility index (Phi) is 1.44. The highest BCUT2D eigenvalue weighted by Gasteiger charge is 2.02. The number of amides is 1. The second-order valence-corrected chi connectivity index (χ2v) is 1.41. The third-order valence-corrected chi connectivity index (χ3v) is 0.857. The van der Waals surface area contributed by atoms with Crippen molar-refractivity contribution in [3.8, 4) is 0 Å². The van der Waals surface area contributed by atoms with E-state index in [1.807, 2.05) is 0 Å². The minimum atomic E-state index is -0.257. The van der Waals surface area contributed by atoms with E-state index in [0.29, 0.717) is 0 Å². The predicted molar refractivity (Wildman–Crippen MR) is 34.0 cm³/mol. The van der Waals surface area contributed by atoms with Crippen molar-refractivity contribution >= 4 is 5.91 Å². The Morgan fingerprint density at radius 1 is 2.00 bits per heavy atom. The fourth-order valence-electron chi connectivity index (χ4n) is 0.433. The lowest BCUT2D eigenvalue weighted by Gasteiger charge is -1.89. The summed E-state index contributed by atoms with van der Waals surface area (Å²) in [5.41, 5.74) is 0. The average molecular weight is 130 g/mol. The quantitative estimate of drug-likeness (QED) is 0.546. The standard InChI is InChI=1S/C4H6N4O.2H2/c1-5-4(9)3-6-2-7-8-3;;/h2H,1H3,(H,5,9)(H,6,7,8);2*1H. The van der Waals surface area contributed by atoms with Crippen molar-refractivity contribution in [2.75, 3.05) is 7.05 Å². The summed E-state index contributed by atoms with van der Waals surface area (Å²) < 4.78 is 0. The van der Waals surface area contributed by atoms with E-state index < -0.39 is 0 Å². The number of hydrogen-bond acceptors (Lipinski definition) is 3. The molecule has 52 valence electrons. The number of aromatic amines is 1. The van der Waals surface area contributed by atoms with E-state index in [1.165, 1.54) is 13.4 Å². The zero-order valence-corrected chi connectivity index (χ0v) is 4.88. The van der Waals surface area contributed by atoms with Gasteiger partial charge < -0.3 is 5.32 Å². The van der Waals surface area contributed by atoms with Crippen LogP contribution in [0.4, 0.5) is 0 Å². The Balaban J connectivity index is 0. The molecule has 0 saturated heterocycles. The van der Waals surface area contributed by atoms with E-state index in [9.17, 15) is 4.79 Å². The highest BCUT2D eigenvalue weighted by atomic mass is 16.2. The molecule has 1 rings (SSSR count). The fraction of sp³-hybridized carbons (Fsp3) is 0.250. The summed E-state index contributed by atoms with van der Waals surface area (Å²) in [6.45, 7) is 0. The number of carbonyl (C=O) groups excluding carboxylic acids is 1. The molecule has 0 saturated carbocycles. The summed E-state index contributed by atoms with van der Waals surface area (Å²) in [5.74, 6) is -0.0231. The van der Waals surface area contributed by atoms with Gasteiger partial charge in [0, 0.05) is 9.90 Å².